The molecule has 22 heavy (non-hydrogen) atoms. The fraction of sp³-hybridized carbons (Fsp3) is 0.625. The molecular formula is C16H23NO4S. The topological polar surface area (TPSA) is 55.8 Å². The summed E-state index contributed by atoms with van der Waals surface area (Å²) in [4.78, 5) is 0.388. The van der Waals surface area contributed by atoms with Gasteiger partial charge in [-0.05, 0) is 37.8 Å². The van der Waals surface area contributed by atoms with Crippen LogP contribution in [0.5, 0.6) is 0 Å². The summed E-state index contributed by atoms with van der Waals surface area (Å²) in [6.45, 7) is 4.45. The van der Waals surface area contributed by atoms with Crippen LogP contribution in [0.1, 0.15) is 24.8 Å². The zero-order chi connectivity index (χ0) is 15.6. The van der Waals surface area contributed by atoms with E-state index in [0.717, 1.165) is 24.8 Å². The van der Waals surface area contributed by atoms with Gasteiger partial charge in [-0.1, -0.05) is 17.7 Å². The lowest BCUT2D eigenvalue weighted by Crippen LogP contribution is -2.39. The largest absolute Gasteiger partial charge is 0.350 e. The van der Waals surface area contributed by atoms with Crippen molar-refractivity contribution in [2.24, 2.45) is 5.92 Å². The minimum absolute atomic E-state index is 0.0924. The first-order valence-corrected chi connectivity index (χ1v) is 9.30. The number of sulfonamides is 1. The van der Waals surface area contributed by atoms with Gasteiger partial charge in [0.25, 0.3) is 0 Å². The Bertz CT molecular complexity index is 585. The highest BCUT2D eigenvalue weighted by atomic mass is 32.2. The van der Waals surface area contributed by atoms with E-state index in [1.165, 1.54) is 0 Å². The van der Waals surface area contributed by atoms with Gasteiger partial charge in [0.15, 0.2) is 6.29 Å². The molecular weight excluding hydrogens is 302 g/mol. The number of hydrogen-bond donors (Lipinski definition) is 0. The van der Waals surface area contributed by atoms with Crippen molar-refractivity contribution in [3.05, 3.63) is 29.8 Å². The molecule has 0 spiro atoms. The fourth-order valence-corrected chi connectivity index (χ4v) is 4.53. The van der Waals surface area contributed by atoms with Gasteiger partial charge in [-0.15, -0.1) is 0 Å². The van der Waals surface area contributed by atoms with Crippen LogP contribution in [0.3, 0.4) is 0 Å². The summed E-state index contributed by atoms with van der Waals surface area (Å²) in [5, 5.41) is 0. The van der Waals surface area contributed by atoms with E-state index in [4.69, 9.17) is 9.47 Å². The van der Waals surface area contributed by atoms with E-state index in [1.807, 2.05) is 19.1 Å². The van der Waals surface area contributed by atoms with Gasteiger partial charge < -0.3 is 9.47 Å². The number of piperidine rings is 1. The molecule has 0 amide bonds. The van der Waals surface area contributed by atoms with Crippen molar-refractivity contribution in [3.63, 3.8) is 0 Å². The summed E-state index contributed by atoms with van der Waals surface area (Å²) in [6.07, 6.45) is 2.52. The molecule has 0 saturated carbocycles. The first-order valence-electron chi connectivity index (χ1n) is 7.86. The zero-order valence-electron chi connectivity index (χ0n) is 12.9. The average molecular weight is 325 g/mol. The predicted molar refractivity (Wildman–Crippen MR) is 83.0 cm³/mol. The molecule has 2 aliphatic heterocycles. The van der Waals surface area contributed by atoms with Gasteiger partial charge in [-0.25, -0.2) is 8.42 Å². The molecule has 0 bridgehead atoms. The number of benzene rings is 1. The fourth-order valence-electron chi connectivity index (χ4n) is 3.06. The quantitative estimate of drug-likeness (QED) is 0.851. The third kappa shape index (κ3) is 3.51. The van der Waals surface area contributed by atoms with E-state index in [1.54, 1.807) is 16.4 Å². The van der Waals surface area contributed by atoms with E-state index in [9.17, 15) is 8.42 Å². The van der Waals surface area contributed by atoms with Crippen LogP contribution in [0.4, 0.5) is 0 Å². The molecule has 2 aliphatic rings. The molecule has 1 aromatic rings. The Labute approximate surface area is 132 Å². The van der Waals surface area contributed by atoms with Crippen LogP contribution in [-0.2, 0) is 19.5 Å². The molecule has 2 saturated heterocycles. The summed E-state index contributed by atoms with van der Waals surface area (Å²) in [5.74, 6) is 0.479. The van der Waals surface area contributed by atoms with Crippen LogP contribution >= 0.6 is 0 Å². The molecule has 0 radical (unpaired) electrons. The van der Waals surface area contributed by atoms with Crippen LogP contribution in [0.25, 0.3) is 0 Å². The lowest BCUT2D eigenvalue weighted by molar-refractivity contribution is -0.0602. The van der Waals surface area contributed by atoms with E-state index in [0.29, 0.717) is 37.1 Å². The maximum atomic E-state index is 12.6. The smallest absolute Gasteiger partial charge is 0.243 e. The van der Waals surface area contributed by atoms with Crippen molar-refractivity contribution in [1.29, 1.82) is 0 Å². The Kier molecular flexibility index (Phi) is 4.82. The Morgan fingerprint density at radius 1 is 1.09 bits per heavy atom. The molecule has 6 heteroatoms. The van der Waals surface area contributed by atoms with Crippen LogP contribution in [0.2, 0.25) is 0 Å². The predicted octanol–water partition coefficient (Wildman–Crippen LogP) is 2.16. The minimum atomic E-state index is -3.36. The number of nitrogens with zero attached hydrogens (tertiary/aromatic N) is 1. The van der Waals surface area contributed by atoms with E-state index >= 15 is 0 Å². The monoisotopic (exact) mass is 325 g/mol. The van der Waals surface area contributed by atoms with Crippen LogP contribution in [0, 0.1) is 12.8 Å². The molecule has 0 unspecified atom stereocenters. The van der Waals surface area contributed by atoms with Crippen molar-refractivity contribution >= 4 is 10.0 Å². The Morgan fingerprint density at radius 3 is 2.27 bits per heavy atom. The van der Waals surface area contributed by atoms with Crippen LogP contribution in [-0.4, -0.2) is 45.3 Å². The summed E-state index contributed by atoms with van der Waals surface area (Å²) in [6, 6.07) is 7.07. The van der Waals surface area contributed by atoms with Crippen molar-refractivity contribution in [2.45, 2.75) is 37.4 Å². The standard InChI is InChI=1S/C16H23NO4S/c1-13-2-4-15(5-3-13)22(18,19)17-8-6-14(7-9-17)12-16-20-10-11-21-16/h2-5,14,16H,6-12H2,1H3. The van der Waals surface area contributed by atoms with E-state index in [2.05, 4.69) is 0 Å². The number of hydrogen-bond acceptors (Lipinski definition) is 4. The number of rotatable bonds is 4. The normalized spacial score (nSPS) is 22.2. The average Bonchev–Trinajstić information content (AvgIpc) is 3.01. The van der Waals surface area contributed by atoms with Gasteiger partial charge in [-0.2, -0.15) is 4.31 Å². The second-order valence-corrected chi connectivity index (χ2v) is 8.01. The highest BCUT2D eigenvalue weighted by Crippen LogP contribution is 2.28. The maximum Gasteiger partial charge on any atom is 0.243 e. The summed E-state index contributed by atoms with van der Waals surface area (Å²) < 4.78 is 37.8. The minimum Gasteiger partial charge on any atom is -0.350 e. The summed E-state index contributed by atoms with van der Waals surface area (Å²) in [5.41, 5.74) is 1.06. The first-order chi connectivity index (χ1) is 10.6. The van der Waals surface area contributed by atoms with Gasteiger partial charge in [0.1, 0.15) is 0 Å². The zero-order valence-corrected chi connectivity index (χ0v) is 13.7. The summed E-state index contributed by atoms with van der Waals surface area (Å²) >= 11 is 0. The Hall–Kier alpha value is -0.950. The van der Waals surface area contributed by atoms with Gasteiger partial charge in [-0.3, -0.25) is 0 Å². The van der Waals surface area contributed by atoms with Gasteiger partial charge in [0, 0.05) is 19.5 Å². The first kappa shape index (κ1) is 15.9. The Balaban J connectivity index is 1.59. The third-order valence-corrected chi connectivity index (χ3v) is 6.36. The van der Waals surface area contributed by atoms with E-state index in [-0.39, 0.29) is 6.29 Å². The molecule has 5 nitrogen and oxygen atoms in total. The van der Waals surface area contributed by atoms with Crippen molar-refractivity contribution in [3.8, 4) is 0 Å². The Morgan fingerprint density at radius 2 is 1.68 bits per heavy atom. The second kappa shape index (κ2) is 6.66. The molecule has 2 heterocycles. The number of aryl methyl sites for hydroxylation is 1. The van der Waals surface area contributed by atoms with E-state index < -0.39 is 10.0 Å². The molecule has 2 fully saturated rings. The van der Waals surface area contributed by atoms with Gasteiger partial charge in [0.2, 0.25) is 10.0 Å². The molecule has 0 atom stereocenters. The van der Waals surface area contributed by atoms with Crippen molar-refractivity contribution in [2.75, 3.05) is 26.3 Å². The molecule has 0 aromatic heterocycles. The highest BCUT2D eigenvalue weighted by Gasteiger charge is 2.31. The molecule has 0 aliphatic carbocycles. The SMILES string of the molecule is Cc1ccc(S(=O)(=O)N2CCC(CC3OCCO3)CC2)cc1. The lowest BCUT2D eigenvalue weighted by Gasteiger charge is -2.32. The molecule has 3 rings (SSSR count). The number of ether oxygens (including phenoxy) is 2. The maximum absolute atomic E-state index is 12.6. The highest BCUT2D eigenvalue weighted by molar-refractivity contribution is 7.89. The molecule has 1 aromatic carbocycles. The second-order valence-electron chi connectivity index (χ2n) is 6.07. The summed E-state index contributed by atoms with van der Waals surface area (Å²) in [7, 11) is -3.36. The molecule has 0 N–H and O–H groups in total. The van der Waals surface area contributed by atoms with Crippen molar-refractivity contribution in [1.82, 2.24) is 4.31 Å². The van der Waals surface area contributed by atoms with Gasteiger partial charge >= 0.3 is 0 Å². The van der Waals surface area contributed by atoms with Gasteiger partial charge in [0.05, 0.1) is 18.1 Å². The third-order valence-electron chi connectivity index (χ3n) is 4.45. The lowest BCUT2D eigenvalue weighted by atomic mass is 9.94. The van der Waals surface area contributed by atoms with Crippen molar-refractivity contribution < 1.29 is 17.9 Å². The van der Waals surface area contributed by atoms with Crippen LogP contribution < -0.4 is 0 Å². The molecule has 122 valence electrons. The van der Waals surface area contributed by atoms with Crippen LogP contribution in [0.15, 0.2) is 29.2 Å².